The molecule has 0 radical (unpaired) electrons. The maximum Gasteiger partial charge on any atom is 0.238 e. The quantitative estimate of drug-likeness (QED) is 0.896. The zero-order chi connectivity index (χ0) is 13.8. The average Bonchev–Trinajstić information content (AvgIpc) is 2.36. The lowest BCUT2D eigenvalue weighted by molar-refractivity contribution is -0.118. The van der Waals surface area contributed by atoms with E-state index in [1.807, 2.05) is 0 Å². The van der Waals surface area contributed by atoms with E-state index in [4.69, 9.17) is 11.6 Å². The van der Waals surface area contributed by atoms with Crippen molar-refractivity contribution in [2.75, 3.05) is 31.5 Å². The monoisotopic (exact) mass is 321 g/mol. The third-order valence-corrected chi connectivity index (χ3v) is 3.50. The summed E-state index contributed by atoms with van der Waals surface area (Å²) in [6.45, 7) is 4.99. The number of hydrogen-bond donors (Lipinski definition) is 2. The average molecular weight is 322 g/mol. The first-order valence-corrected chi connectivity index (χ1v) is 6.64. The number of rotatable bonds is 3. The highest BCUT2D eigenvalue weighted by Gasteiger charge is 2.20. The first-order chi connectivity index (χ1) is 9.06. The van der Waals surface area contributed by atoms with E-state index >= 15 is 0 Å². The molecule has 0 saturated carbocycles. The van der Waals surface area contributed by atoms with Crippen molar-refractivity contribution >= 4 is 35.6 Å². The van der Waals surface area contributed by atoms with Crippen molar-refractivity contribution < 1.29 is 9.18 Å². The van der Waals surface area contributed by atoms with E-state index in [0.717, 1.165) is 19.6 Å². The van der Waals surface area contributed by atoms with Gasteiger partial charge in [0.2, 0.25) is 5.91 Å². The van der Waals surface area contributed by atoms with Gasteiger partial charge in [-0.25, -0.2) is 4.39 Å². The topological polar surface area (TPSA) is 44.4 Å². The molecule has 1 saturated heterocycles. The van der Waals surface area contributed by atoms with Crippen LogP contribution in [0.25, 0.3) is 0 Å². The molecule has 0 aliphatic carbocycles. The molecule has 1 amide bonds. The molecule has 1 atom stereocenters. The van der Waals surface area contributed by atoms with Gasteiger partial charge >= 0.3 is 0 Å². The molecule has 1 aromatic rings. The summed E-state index contributed by atoms with van der Waals surface area (Å²) in [6.07, 6.45) is 0. The van der Waals surface area contributed by atoms with Crippen molar-refractivity contribution in [2.24, 2.45) is 0 Å². The van der Waals surface area contributed by atoms with E-state index in [1.54, 1.807) is 0 Å². The highest BCUT2D eigenvalue weighted by atomic mass is 35.5. The number of carbonyl (C=O) groups excluding carboxylic acids is 1. The molecule has 1 aliphatic heterocycles. The summed E-state index contributed by atoms with van der Waals surface area (Å²) in [5.41, 5.74) is 0.441. The molecule has 1 unspecified atom stereocenters. The maximum absolute atomic E-state index is 12.9. The highest BCUT2D eigenvalue weighted by molar-refractivity contribution is 6.33. The fourth-order valence-electron chi connectivity index (χ4n) is 2.08. The lowest BCUT2D eigenvalue weighted by atomic mass is 10.2. The fraction of sp³-hybridized carbons (Fsp3) is 0.462. The van der Waals surface area contributed by atoms with E-state index in [0.29, 0.717) is 18.3 Å². The van der Waals surface area contributed by atoms with Gasteiger partial charge in [0, 0.05) is 25.7 Å². The third-order valence-electron chi connectivity index (χ3n) is 3.19. The Balaban J connectivity index is 0.00000200. The van der Waals surface area contributed by atoms with Crippen LogP contribution in [0.3, 0.4) is 0 Å². The SMILES string of the molecule is CC1CNCCN1CC(=O)Nc1ccc(F)cc1Cl.Cl. The molecule has 20 heavy (non-hydrogen) atoms. The number of nitrogens with one attached hydrogen (secondary N) is 2. The second-order valence-corrected chi connectivity index (χ2v) is 5.10. The zero-order valence-electron chi connectivity index (χ0n) is 11.2. The van der Waals surface area contributed by atoms with E-state index in [-0.39, 0.29) is 23.3 Å². The Labute approximate surface area is 129 Å². The zero-order valence-corrected chi connectivity index (χ0v) is 12.7. The minimum absolute atomic E-state index is 0. The number of halogens is 3. The lowest BCUT2D eigenvalue weighted by Gasteiger charge is -2.33. The van der Waals surface area contributed by atoms with Gasteiger partial charge in [0.05, 0.1) is 17.3 Å². The van der Waals surface area contributed by atoms with Gasteiger partial charge < -0.3 is 10.6 Å². The summed E-state index contributed by atoms with van der Waals surface area (Å²) in [7, 11) is 0. The predicted molar refractivity (Wildman–Crippen MR) is 81.2 cm³/mol. The molecule has 0 bridgehead atoms. The van der Waals surface area contributed by atoms with Crippen LogP contribution in [0.2, 0.25) is 5.02 Å². The molecular weight excluding hydrogens is 304 g/mol. The molecule has 4 nitrogen and oxygen atoms in total. The Hall–Kier alpha value is -0.880. The van der Waals surface area contributed by atoms with Crippen LogP contribution in [0.5, 0.6) is 0 Å². The van der Waals surface area contributed by atoms with Crippen molar-refractivity contribution in [3.63, 3.8) is 0 Å². The molecular formula is C13H18Cl2FN3O. The van der Waals surface area contributed by atoms with Crippen LogP contribution in [-0.2, 0) is 4.79 Å². The molecule has 0 spiro atoms. The predicted octanol–water partition coefficient (Wildman–Crippen LogP) is 2.13. The van der Waals surface area contributed by atoms with E-state index < -0.39 is 5.82 Å². The molecule has 2 rings (SSSR count). The fourth-order valence-corrected chi connectivity index (χ4v) is 2.30. The molecule has 1 heterocycles. The van der Waals surface area contributed by atoms with Crippen LogP contribution in [0.4, 0.5) is 10.1 Å². The molecule has 112 valence electrons. The first-order valence-electron chi connectivity index (χ1n) is 6.26. The van der Waals surface area contributed by atoms with Crippen LogP contribution >= 0.6 is 24.0 Å². The number of benzene rings is 1. The lowest BCUT2D eigenvalue weighted by Crippen LogP contribution is -2.51. The van der Waals surface area contributed by atoms with Gasteiger partial charge in [-0.05, 0) is 25.1 Å². The van der Waals surface area contributed by atoms with Crippen molar-refractivity contribution in [2.45, 2.75) is 13.0 Å². The standard InChI is InChI=1S/C13H17ClFN3O.ClH/c1-9-7-16-4-5-18(9)8-13(19)17-12-3-2-10(15)6-11(12)14;/h2-3,6,9,16H,4-5,7-8H2,1H3,(H,17,19);1H. The second-order valence-electron chi connectivity index (χ2n) is 4.70. The van der Waals surface area contributed by atoms with E-state index in [2.05, 4.69) is 22.5 Å². The van der Waals surface area contributed by atoms with Crippen molar-refractivity contribution in [1.29, 1.82) is 0 Å². The van der Waals surface area contributed by atoms with Crippen molar-refractivity contribution in [1.82, 2.24) is 10.2 Å². The first kappa shape index (κ1) is 17.2. The van der Waals surface area contributed by atoms with Gasteiger partial charge in [0.25, 0.3) is 0 Å². The molecule has 1 fully saturated rings. The van der Waals surface area contributed by atoms with Crippen molar-refractivity contribution in [3.05, 3.63) is 29.0 Å². The summed E-state index contributed by atoms with van der Waals surface area (Å²) in [4.78, 5) is 14.0. The van der Waals surface area contributed by atoms with Gasteiger partial charge in [-0.15, -0.1) is 12.4 Å². The Morgan fingerprint density at radius 1 is 1.60 bits per heavy atom. The van der Waals surface area contributed by atoms with Crippen LogP contribution in [0.1, 0.15) is 6.92 Å². The number of nitrogens with zero attached hydrogens (tertiary/aromatic N) is 1. The molecule has 7 heteroatoms. The van der Waals surface area contributed by atoms with Gasteiger partial charge in [-0.3, -0.25) is 9.69 Å². The summed E-state index contributed by atoms with van der Waals surface area (Å²) in [6, 6.07) is 4.25. The molecule has 2 N–H and O–H groups in total. The largest absolute Gasteiger partial charge is 0.324 e. The minimum atomic E-state index is -0.418. The van der Waals surface area contributed by atoms with Gasteiger partial charge in [-0.2, -0.15) is 0 Å². The Kier molecular flexibility index (Phi) is 6.68. The van der Waals surface area contributed by atoms with Crippen LogP contribution < -0.4 is 10.6 Å². The third kappa shape index (κ3) is 4.59. The van der Waals surface area contributed by atoms with Crippen LogP contribution in [-0.4, -0.2) is 43.0 Å². The van der Waals surface area contributed by atoms with Crippen molar-refractivity contribution in [3.8, 4) is 0 Å². The Morgan fingerprint density at radius 3 is 3.00 bits per heavy atom. The Morgan fingerprint density at radius 2 is 2.35 bits per heavy atom. The number of amides is 1. The van der Waals surface area contributed by atoms with Crippen LogP contribution in [0.15, 0.2) is 18.2 Å². The van der Waals surface area contributed by atoms with Crippen LogP contribution in [0, 0.1) is 5.82 Å². The molecule has 0 aromatic heterocycles. The molecule has 1 aliphatic rings. The number of hydrogen-bond acceptors (Lipinski definition) is 3. The Bertz CT molecular complexity index is 473. The number of carbonyl (C=O) groups is 1. The van der Waals surface area contributed by atoms with Gasteiger partial charge in [0.1, 0.15) is 5.82 Å². The van der Waals surface area contributed by atoms with Gasteiger partial charge in [0.15, 0.2) is 0 Å². The summed E-state index contributed by atoms with van der Waals surface area (Å²) < 4.78 is 12.9. The molecule has 1 aromatic carbocycles. The normalized spacial score (nSPS) is 19.2. The number of piperazine rings is 1. The number of anilines is 1. The smallest absolute Gasteiger partial charge is 0.238 e. The van der Waals surface area contributed by atoms with E-state index in [9.17, 15) is 9.18 Å². The summed E-state index contributed by atoms with van der Waals surface area (Å²) in [5.74, 6) is -0.555. The highest BCUT2D eigenvalue weighted by Crippen LogP contribution is 2.22. The van der Waals surface area contributed by atoms with Gasteiger partial charge in [-0.1, -0.05) is 11.6 Å². The summed E-state index contributed by atoms with van der Waals surface area (Å²) in [5, 5.41) is 6.18. The van der Waals surface area contributed by atoms with E-state index in [1.165, 1.54) is 18.2 Å². The summed E-state index contributed by atoms with van der Waals surface area (Å²) >= 11 is 5.87. The second kappa shape index (κ2) is 7.78. The maximum atomic E-state index is 12.9. The minimum Gasteiger partial charge on any atom is -0.324 e.